The lowest BCUT2D eigenvalue weighted by molar-refractivity contribution is -0.119. The van der Waals surface area contributed by atoms with Gasteiger partial charge < -0.3 is 20.3 Å². The van der Waals surface area contributed by atoms with Crippen LogP contribution in [0.5, 0.6) is 0 Å². The average Bonchev–Trinajstić information content (AvgIpc) is 3.13. The molecule has 2 amide bonds. The normalized spacial score (nSPS) is 21.8. The molecule has 1 fully saturated rings. The van der Waals surface area contributed by atoms with Gasteiger partial charge in [-0.3, -0.25) is 4.79 Å². The lowest BCUT2D eigenvalue weighted by atomic mass is 9.91. The first-order chi connectivity index (χ1) is 14.1. The number of halogens is 1. The van der Waals surface area contributed by atoms with E-state index >= 15 is 0 Å². The van der Waals surface area contributed by atoms with Crippen LogP contribution >= 0.6 is 11.6 Å². The predicted octanol–water partition coefficient (Wildman–Crippen LogP) is 3.62. The number of anilines is 1. The Morgan fingerprint density at radius 3 is 2.50 bits per heavy atom. The maximum atomic E-state index is 12.3. The van der Waals surface area contributed by atoms with Crippen molar-refractivity contribution in [2.24, 2.45) is 0 Å². The fraction of sp³-hybridized carbons (Fsp3) is 0.619. The molecule has 0 aromatic carbocycles. The van der Waals surface area contributed by atoms with E-state index in [-0.39, 0.29) is 24.1 Å². The van der Waals surface area contributed by atoms with Crippen molar-refractivity contribution in [2.45, 2.75) is 71.1 Å². The molecule has 1 saturated carbocycles. The van der Waals surface area contributed by atoms with Gasteiger partial charge in [0.2, 0.25) is 11.9 Å². The van der Waals surface area contributed by atoms with Crippen molar-refractivity contribution in [1.29, 1.82) is 0 Å². The maximum Gasteiger partial charge on any atom is 0.410 e. The second kappa shape index (κ2) is 9.20. The summed E-state index contributed by atoms with van der Waals surface area (Å²) in [7, 11) is 0. The van der Waals surface area contributed by atoms with E-state index in [1.165, 1.54) is 0 Å². The third-order valence-electron chi connectivity index (χ3n) is 5.09. The number of hydrogen-bond acceptors (Lipinski definition) is 6. The molecule has 0 spiro atoms. The Balaban J connectivity index is 1.60. The number of ether oxygens (including phenoxy) is 1. The van der Waals surface area contributed by atoms with Crippen LogP contribution in [0.3, 0.4) is 0 Å². The molecule has 0 bridgehead atoms. The zero-order chi connectivity index (χ0) is 21.9. The standard InChI is InChI=1S/C21H30ClN5O3/c1-13(28)24-15-5-7-16(8-6-15)25-19-23-11-17(22)18(26-19)14-9-10-27(12-14)20(29)30-21(2,3)4/h9,11,15-16H,5-8,10,12H2,1-4H3,(H,24,28)(H,23,25,26)/t15-,16-. The molecule has 2 aliphatic rings. The van der Waals surface area contributed by atoms with Crippen LogP contribution in [-0.2, 0) is 9.53 Å². The fourth-order valence-corrected chi connectivity index (χ4v) is 3.92. The van der Waals surface area contributed by atoms with Crippen LogP contribution in [-0.4, -0.2) is 57.6 Å². The van der Waals surface area contributed by atoms with Crippen LogP contribution in [0, 0.1) is 0 Å². The monoisotopic (exact) mass is 435 g/mol. The van der Waals surface area contributed by atoms with Crippen molar-refractivity contribution in [3.8, 4) is 0 Å². The van der Waals surface area contributed by atoms with E-state index in [0.29, 0.717) is 29.8 Å². The first kappa shape index (κ1) is 22.3. The Morgan fingerprint density at radius 1 is 1.20 bits per heavy atom. The van der Waals surface area contributed by atoms with E-state index in [1.54, 1.807) is 18.0 Å². The van der Waals surface area contributed by atoms with Crippen LogP contribution < -0.4 is 10.6 Å². The molecule has 1 aromatic heterocycles. The van der Waals surface area contributed by atoms with Crippen molar-refractivity contribution >= 4 is 35.1 Å². The zero-order valence-electron chi connectivity index (χ0n) is 18.0. The molecule has 30 heavy (non-hydrogen) atoms. The molecule has 1 aliphatic carbocycles. The largest absolute Gasteiger partial charge is 0.444 e. The average molecular weight is 436 g/mol. The zero-order valence-corrected chi connectivity index (χ0v) is 18.8. The molecular formula is C21H30ClN5O3. The number of nitrogens with zero attached hydrogens (tertiary/aromatic N) is 3. The first-order valence-corrected chi connectivity index (χ1v) is 10.7. The molecule has 1 aromatic rings. The van der Waals surface area contributed by atoms with E-state index in [9.17, 15) is 9.59 Å². The maximum absolute atomic E-state index is 12.3. The summed E-state index contributed by atoms with van der Waals surface area (Å²) in [5, 5.41) is 6.82. The van der Waals surface area contributed by atoms with Gasteiger partial charge in [-0.1, -0.05) is 17.7 Å². The molecule has 0 radical (unpaired) electrons. The van der Waals surface area contributed by atoms with Crippen molar-refractivity contribution in [2.75, 3.05) is 18.4 Å². The first-order valence-electron chi connectivity index (χ1n) is 10.3. The number of amides is 2. The second-order valence-electron chi connectivity index (χ2n) is 8.87. The van der Waals surface area contributed by atoms with Crippen LogP contribution in [0.15, 0.2) is 12.3 Å². The summed E-state index contributed by atoms with van der Waals surface area (Å²) < 4.78 is 5.44. The number of nitrogens with one attached hydrogen (secondary N) is 2. The van der Waals surface area contributed by atoms with Gasteiger partial charge in [0.05, 0.1) is 23.5 Å². The molecule has 3 rings (SSSR count). The van der Waals surface area contributed by atoms with E-state index in [1.807, 2.05) is 26.8 Å². The van der Waals surface area contributed by atoms with Gasteiger partial charge in [0, 0.05) is 25.6 Å². The minimum absolute atomic E-state index is 0.0161. The van der Waals surface area contributed by atoms with Crippen molar-refractivity contribution in [3.05, 3.63) is 23.0 Å². The number of hydrogen-bond donors (Lipinski definition) is 2. The van der Waals surface area contributed by atoms with Gasteiger partial charge >= 0.3 is 6.09 Å². The van der Waals surface area contributed by atoms with Gasteiger partial charge in [0.1, 0.15) is 5.60 Å². The molecule has 9 heteroatoms. The molecule has 2 N–H and O–H groups in total. The fourth-order valence-electron chi connectivity index (χ4n) is 3.71. The minimum atomic E-state index is -0.539. The Hall–Kier alpha value is -2.35. The molecule has 1 aliphatic heterocycles. The molecule has 2 heterocycles. The van der Waals surface area contributed by atoms with Crippen LogP contribution in [0.4, 0.5) is 10.7 Å². The highest BCUT2D eigenvalue weighted by Gasteiger charge is 2.28. The highest BCUT2D eigenvalue weighted by molar-refractivity contribution is 6.32. The summed E-state index contributed by atoms with van der Waals surface area (Å²) in [4.78, 5) is 34.1. The Labute approximate surface area is 182 Å². The Bertz CT molecular complexity index is 828. The van der Waals surface area contributed by atoms with Gasteiger partial charge in [0.25, 0.3) is 0 Å². The van der Waals surface area contributed by atoms with Crippen LogP contribution in [0.2, 0.25) is 5.02 Å². The third kappa shape index (κ3) is 6.08. The summed E-state index contributed by atoms with van der Waals surface area (Å²) >= 11 is 6.35. The summed E-state index contributed by atoms with van der Waals surface area (Å²) in [5.74, 6) is 0.538. The molecule has 0 unspecified atom stereocenters. The van der Waals surface area contributed by atoms with Gasteiger partial charge in [-0.15, -0.1) is 0 Å². The molecule has 0 atom stereocenters. The second-order valence-corrected chi connectivity index (χ2v) is 9.28. The van der Waals surface area contributed by atoms with Gasteiger partial charge in [0.15, 0.2) is 0 Å². The van der Waals surface area contributed by atoms with Crippen LogP contribution in [0.1, 0.15) is 59.1 Å². The minimum Gasteiger partial charge on any atom is -0.444 e. The smallest absolute Gasteiger partial charge is 0.410 e. The van der Waals surface area contributed by atoms with Gasteiger partial charge in [-0.2, -0.15) is 0 Å². The summed E-state index contributed by atoms with van der Waals surface area (Å²) in [6, 6.07) is 0.490. The lowest BCUT2D eigenvalue weighted by Crippen LogP contribution is -2.39. The highest BCUT2D eigenvalue weighted by atomic mass is 35.5. The Morgan fingerprint density at radius 2 is 1.87 bits per heavy atom. The number of aromatic nitrogens is 2. The summed E-state index contributed by atoms with van der Waals surface area (Å²) in [6.07, 6.45) is 6.89. The molecule has 0 saturated heterocycles. The lowest BCUT2D eigenvalue weighted by Gasteiger charge is -2.29. The van der Waals surface area contributed by atoms with E-state index in [4.69, 9.17) is 16.3 Å². The number of carbonyl (C=O) groups excluding carboxylic acids is 2. The highest BCUT2D eigenvalue weighted by Crippen LogP contribution is 2.28. The van der Waals surface area contributed by atoms with Crippen molar-refractivity contribution in [1.82, 2.24) is 20.2 Å². The van der Waals surface area contributed by atoms with Gasteiger partial charge in [-0.05, 0) is 52.0 Å². The van der Waals surface area contributed by atoms with Crippen molar-refractivity contribution < 1.29 is 14.3 Å². The molecule has 164 valence electrons. The topological polar surface area (TPSA) is 96.5 Å². The summed E-state index contributed by atoms with van der Waals surface area (Å²) in [6.45, 7) is 7.94. The van der Waals surface area contributed by atoms with Gasteiger partial charge in [-0.25, -0.2) is 14.8 Å². The molecular weight excluding hydrogens is 406 g/mol. The third-order valence-corrected chi connectivity index (χ3v) is 5.36. The van der Waals surface area contributed by atoms with E-state index in [0.717, 1.165) is 31.3 Å². The predicted molar refractivity (Wildman–Crippen MR) is 116 cm³/mol. The van der Waals surface area contributed by atoms with E-state index in [2.05, 4.69) is 20.6 Å². The van der Waals surface area contributed by atoms with Crippen LogP contribution in [0.25, 0.3) is 5.57 Å². The number of carbonyl (C=O) groups is 2. The summed E-state index contributed by atoms with van der Waals surface area (Å²) in [5.41, 5.74) is 0.973. The quantitative estimate of drug-likeness (QED) is 0.749. The van der Waals surface area contributed by atoms with E-state index < -0.39 is 5.60 Å². The number of rotatable bonds is 4. The molecule has 8 nitrogen and oxygen atoms in total. The van der Waals surface area contributed by atoms with Crippen molar-refractivity contribution in [3.63, 3.8) is 0 Å². The SMILES string of the molecule is CC(=O)N[C@H]1CC[C@H](Nc2ncc(Cl)c(C3=CCN(C(=O)OC(C)(C)C)C3)n2)CC1. The Kier molecular flexibility index (Phi) is 6.85.